The molecule has 0 bridgehead atoms. The minimum Gasteiger partial charge on any atom is -0.507 e. The van der Waals surface area contributed by atoms with Crippen molar-refractivity contribution in [2.75, 3.05) is 12.4 Å². The summed E-state index contributed by atoms with van der Waals surface area (Å²) in [6, 6.07) is 13.0. The number of ether oxygens (including phenoxy) is 1. The first-order valence-electron chi connectivity index (χ1n) is 5.84. The number of carbonyl (C=O) groups is 1. The molecule has 20 heavy (non-hydrogen) atoms. The Bertz CT molecular complexity index is 690. The molecule has 2 N–H and O–H groups in total. The zero-order chi connectivity index (χ0) is 14.5. The highest BCUT2D eigenvalue weighted by molar-refractivity contribution is 6.07. The van der Waals surface area contributed by atoms with E-state index < -0.39 is 5.91 Å². The molecule has 0 unspecified atom stereocenters. The highest BCUT2D eigenvalue weighted by Crippen LogP contribution is 2.29. The average Bonchev–Trinajstić information content (AvgIpc) is 2.47. The van der Waals surface area contributed by atoms with Crippen LogP contribution in [0.2, 0.25) is 0 Å². The molecule has 0 radical (unpaired) electrons. The van der Waals surface area contributed by atoms with Gasteiger partial charge in [-0.15, -0.1) is 0 Å². The monoisotopic (exact) mass is 268 g/mol. The molecule has 1 amide bonds. The smallest absolute Gasteiger partial charge is 0.259 e. The largest absolute Gasteiger partial charge is 0.507 e. The zero-order valence-corrected chi connectivity index (χ0v) is 10.8. The minimum absolute atomic E-state index is 0.126. The second kappa shape index (κ2) is 5.76. The van der Waals surface area contributed by atoms with E-state index in [1.165, 1.54) is 19.2 Å². The van der Waals surface area contributed by atoms with E-state index in [1.807, 2.05) is 6.07 Å². The molecule has 2 aromatic rings. The molecular formula is C15H12N2O3. The third-order valence-corrected chi connectivity index (χ3v) is 2.75. The lowest BCUT2D eigenvalue weighted by Gasteiger charge is -2.12. The summed E-state index contributed by atoms with van der Waals surface area (Å²) in [6.45, 7) is 0. The number of aromatic hydroxyl groups is 1. The molecule has 0 saturated heterocycles. The van der Waals surface area contributed by atoms with Gasteiger partial charge in [0.05, 0.1) is 18.2 Å². The highest BCUT2D eigenvalue weighted by Gasteiger charge is 2.15. The van der Waals surface area contributed by atoms with Crippen LogP contribution in [-0.2, 0) is 0 Å². The molecule has 100 valence electrons. The van der Waals surface area contributed by atoms with Crippen LogP contribution in [0, 0.1) is 11.3 Å². The van der Waals surface area contributed by atoms with Gasteiger partial charge in [-0.25, -0.2) is 0 Å². The van der Waals surface area contributed by atoms with E-state index in [0.717, 1.165) is 0 Å². The Morgan fingerprint density at radius 2 is 2.00 bits per heavy atom. The van der Waals surface area contributed by atoms with Crippen LogP contribution in [0.25, 0.3) is 0 Å². The van der Waals surface area contributed by atoms with Crippen LogP contribution in [-0.4, -0.2) is 18.1 Å². The van der Waals surface area contributed by atoms with E-state index in [9.17, 15) is 9.90 Å². The number of anilines is 1. The van der Waals surface area contributed by atoms with Crippen LogP contribution in [0.15, 0.2) is 42.5 Å². The Labute approximate surface area is 116 Å². The lowest BCUT2D eigenvalue weighted by atomic mass is 10.1. The average molecular weight is 268 g/mol. The number of nitrogens with one attached hydrogen (secondary N) is 1. The summed E-state index contributed by atoms with van der Waals surface area (Å²) < 4.78 is 5.13. The summed E-state index contributed by atoms with van der Waals surface area (Å²) in [7, 11) is 1.45. The van der Waals surface area contributed by atoms with E-state index >= 15 is 0 Å². The van der Waals surface area contributed by atoms with Gasteiger partial charge in [-0.2, -0.15) is 5.26 Å². The first kappa shape index (κ1) is 13.4. The van der Waals surface area contributed by atoms with Crippen molar-refractivity contribution in [1.82, 2.24) is 0 Å². The van der Waals surface area contributed by atoms with Gasteiger partial charge in [-0.1, -0.05) is 18.2 Å². The molecule has 0 fully saturated rings. The first-order valence-corrected chi connectivity index (χ1v) is 5.84. The normalized spacial score (nSPS) is 9.60. The SMILES string of the molecule is COc1cccc(C#N)c1NC(=O)c1ccccc1O. The Morgan fingerprint density at radius 1 is 1.25 bits per heavy atom. The van der Waals surface area contributed by atoms with Gasteiger partial charge in [0.2, 0.25) is 0 Å². The molecule has 0 aliphatic carbocycles. The maximum Gasteiger partial charge on any atom is 0.259 e. The molecule has 0 heterocycles. The quantitative estimate of drug-likeness (QED) is 0.896. The lowest BCUT2D eigenvalue weighted by molar-refractivity contribution is 0.102. The Kier molecular flexibility index (Phi) is 3.87. The third kappa shape index (κ3) is 2.54. The van der Waals surface area contributed by atoms with E-state index in [-0.39, 0.29) is 22.6 Å². The number of nitriles is 1. The fourth-order valence-corrected chi connectivity index (χ4v) is 1.77. The fourth-order valence-electron chi connectivity index (χ4n) is 1.77. The summed E-state index contributed by atoms with van der Waals surface area (Å²) in [5.41, 5.74) is 0.696. The number of para-hydroxylation sites is 2. The van der Waals surface area contributed by atoms with Crippen molar-refractivity contribution in [3.8, 4) is 17.6 Å². The van der Waals surface area contributed by atoms with Crippen LogP contribution < -0.4 is 10.1 Å². The number of carbonyl (C=O) groups excluding carboxylic acids is 1. The maximum atomic E-state index is 12.1. The molecule has 5 heteroatoms. The first-order chi connectivity index (χ1) is 9.67. The Balaban J connectivity index is 2.38. The van der Waals surface area contributed by atoms with Gasteiger partial charge in [0.1, 0.15) is 23.3 Å². The molecular weight excluding hydrogens is 256 g/mol. The number of nitrogens with zero attached hydrogens (tertiary/aromatic N) is 1. The van der Waals surface area contributed by atoms with Gasteiger partial charge in [0, 0.05) is 0 Å². The molecule has 0 aliphatic rings. The number of hydrogen-bond acceptors (Lipinski definition) is 4. The Morgan fingerprint density at radius 3 is 2.65 bits per heavy atom. The number of amides is 1. The summed E-state index contributed by atoms with van der Waals surface area (Å²) in [6.07, 6.45) is 0. The van der Waals surface area contributed by atoms with Crippen LogP contribution >= 0.6 is 0 Å². The van der Waals surface area contributed by atoms with Crippen molar-refractivity contribution in [1.29, 1.82) is 5.26 Å². The molecule has 0 aliphatic heterocycles. The summed E-state index contributed by atoms with van der Waals surface area (Å²) in [4.78, 5) is 12.1. The van der Waals surface area contributed by atoms with Crippen molar-refractivity contribution in [3.63, 3.8) is 0 Å². The van der Waals surface area contributed by atoms with Gasteiger partial charge < -0.3 is 15.2 Å². The number of phenolic OH excluding ortho intramolecular Hbond substituents is 1. The predicted octanol–water partition coefficient (Wildman–Crippen LogP) is 2.52. The van der Waals surface area contributed by atoms with Crippen LogP contribution in [0.4, 0.5) is 5.69 Å². The van der Waals surface area contributed by atoms with E-state index in [0.29, 0.717) is 5.75 Å². The Hall–Kier alpha value is -3.00. The van der Waals surface area contributed by atoms with E-state index in [4.69, 9.17) is 10.00 Å². The molecule has 2 aromatic carbocycles. The number of phenols is 1. The van der Waals surface area contributed by atoms with Crippen LogP contribution in [0.1, 0.15) is 15.9 Å². The summed E-state index contributed by atoms with van der Waals surface area (Å²) >= 11 is 0. The molecule has 0 atom stereocenters. The third-order valence-electron chi connectivity index (χ3n) is 2.75. The molecule has 0 saturated carbocycles. The van der Waals surface area contributed by atoms with Gasteiger partial charge in [0.25, 0.3) is 5.91 Å². The van der Waals surface area contributed by atoms with E-state index in [2.05, 4.69) is 5.32 Å². The number of hydrogen-bond donors (Lipinski definition) is 2. The van der Waals surface area contributed by atoms with Crippen molar-refractivity contribution in [2.45, 2.75) is 0 Å². The lowest BCUT2D eigenvalue weighted by Crippen LogP contribution is -2.13. The van der Waals surface area contributed by atoms with Gasteiger partial charge in [-0.05, 0) is 24.3 Å². The minimum atomic E-state index is -0.510. The van der Waals surface area contributed by atoms with Gasteiger partial charge in [0.15, 0.2) is 0 Å². The van der Waals surface area contributed by atoms with E-state index in [1.54, 1.807) is 30.3 Å². The van der Waals surface area contributed by atoms with Crippen molar-refractivity contribution < 1.29 is 14.6 Å². The highest BCUT2D eigenvalue weighted by atomic mass is 16.5. The maximum absolute atomic E-state index is 12.1. The second-order valence-electron chi connectivity index (χ2n) is 3.97. The molecule has 0 aromatic heterocycles. The second-order valence-corrected chi connectivity index (χ2v) is 3.97. The van der Waals surface area contributed by atoms with Crippen molar-refractivity contribution >= 4 is 11.6 Å². The van der Waals surface area contributed by atoms with Gasteiger partial charge >= 0.3 is 0 Å². The summed E-state index contributed by atoms with van der Waals surface area (Å²) in [5.74, 6) is -0.254. The topological polar surface area (TPSA) is 82.3 Å². The molecule has 0 spiro atoms. The van der Waals surface area contributed by atoms with Crippen molar-refractivity contribution in [3.05, 3.63) is 53.6 Å². The van der Waals surface area contributed by atoms with Crippen LogP contribution in [0.3, 0.4) is 0 Å². The summed E-state index contributed by atoms with van der Waals surface area (Å²) in [5, 5.41) is 21.3. The molecule has 2 rings (SSSR count). The number of benzene rings is 2. The molecule has 5 nitrogen and oxygen atoms in total. The standard InChI is InChI=1S/C15H12N2O3/c1-20-13-8-4-5-10(9-16)14(13)17-15(19)11-6-2-3-7-12(11)18/h2-8,18H,1H3,(H,17,19). The van der Waals surface area contributed by atoms with Gasteiger partial charge in [-0.3, -0.25) is 4.79 Å². The van der Waals surface area contributed by atoms with Crippen LogP contribution in [0.5, 0.6) is 11.5 Å². The van der Waals surface area contributed by atoms with Crippen molar-refractivity contribution in [2.24, 2.45) is 0 Å². The zero-order valence-electron chi connectivity index (χ0n) is 10.8. The number of rotatable bonds is 3. The fraction of sp³-hybridized carbons (Fsp3) is 0.0667. The number of methoxy groups -OCH3 is 1. The predicted molar refractivity (Wildman–Crippen MR) is 73.8 cm³/mol.